The predicted molar refractivity (Wildman–Crippen MR) is 103 cm³/mol. The second kappa shape index (κ2) is 10.00. The van der Waals surface area contributed by atoms with Crippen molar-refractivity contribution in [1.82, 2.24) is 5.43 Å². The van der Waals surface area contributed by atoms with Crippen molar-refractivity contribution in [2.75, 3.05) is 20.3 Å². The van der Waals surface area contributed by atoms with Crippen LogP contribution in [0.3, 0.4) is 0 Å². The van der Waals surface area contributed by atoms with E-state index in [2.05, 4.69) is 27.5 Å². The van der Waals surface area contributed by atoms with E-state index in [9.17, 15) is 4.79 Å². The quantitative estimate of drug-likeness (QED) is 0.240. The molecule has 0 unspecified atom stereocenters. The average Bonchev–Trinajstić information content (AvgIpc) is 2.65. The second-order valence-corrected chi connectivity index (χ2v) is 5.46. The maximum Gasteiger partial charge on any atom is 0.337 e. The van der Waals surface area contributed by atoms with Gasteiger partial charge in [0.2, 0.25) is 0 Å². The third-order valence-corrected chi connectivity index (χ3v) is 3.23. The van der Waals surface area contributed by atoms with E-state index in [4.69, 9.17) is 15.2 Å². The number of carbonyl (C=O) groups is 1. The largest absolute Gasteiger partial charge is 0.490 e. The Kier molecular flexibility index (Phi) is 7.38. The maximum atomic E-state index is 11.4. The van der Waals surface area contributed by atoms with Crippen LogP contribution in [0.4, 0.5) is 0 Å². The number of benzene rings is 2. The molecule has 0 fully saturated rings. The SMILES string of the molecule is COC(=O)c1ccc(OCCOc2cccc(C=NNC(N)=S)c2)cc1. The maximum absolute atomic E-state index is 11.4. The van der Waals surface area contributed by atoms with Crippen molar-refractivity contribution in [3.63, 3.8) is 0 Å². The number of hydrogen-bond donors (Lipinski definition) is 2. The zero-order chi connectivity index (χ0) is 18.8. The van der Waals surface area contributed by atoms with E-state index in [0.717, 1.165) is 5.56 Å². The summed E-state index contributed by atoms with van der Waals surface area (Å²) in [6.07, 6.45) is 1.59. The molecule has 2 aromatic carbocycles. The summed E-state index contributed by atoms with van der Waals surface area (Å²) < 4.78 is 15.9. The van der Waals surface area contributed by atoms with Gasteiger partial charge in [-0.3, -0.25) is 5.43 Å². The highest BCUT2D eigenvalue weighted by Crippen LogP contribution is 2.14. The van der Waals surface area contributed by atoms with Crippen molar-refractivity contribution in [2.45, 2.75) is 0 Å². The second-order valence-electron chi connectivity index (χ2n) is 5.02. The summed E-state index contributed by atoms with van der Waals surface area (Å²) in [6.45, 7) is 0.726. The lowest BCUT2D eigenvalue weighted by atomic mass is 10.2. The lowest BCUT2D eigenvalue weighted by molar-refractivity contribution is 0.0600. The highest BCUT2D eigenvalue weighted by Gasteiger charge is 2.04. The molecule has 0 spiro atoms. The van der Waals surface area contributed by atoms with Crippen LogP contribution in [0.25, 0.3) is 0 Å². The molecule has 26 heavy (non-hydrogen) atoms. The number of thiocarbonyl (C=S) groups is 1. The fourth-order valence-electron chi connectivity index (χ4n) is 1.98. The topological polar surface area (TPSA) is 95.2 Å². The fourth-order valence-corrected chi connectivity index (χ4v) is 2.03. The van der Waals surface area contributed by atoms with Crippen LogP contribution in [0, 0.1) is 0 Å². The first kappa shape index (κ1) is 19.2. The Morgan fingerprint density at radius 2 is 1.85 bits per heavy atom. The Morgan fingerprint density at radius 1 is 1.15 bits per heavy atom. The molecule has 0 heterocycles. The molecule has 7 nitrogen and oxygen atoms in total. The predicted octanol–water partition coefficient (Wildman–Crippen LogP) is 2.10. The standard InChI is InChI=1S/C18H19N3O4S/c1-23-17(22)14-5-7-15(8-6-14)24-9-10-25-16-4-2-3-13(11-16)12-20-21-18(19)26/h2-8,11-12H,9-10H2,1H3,(H3,19,21,26). The van der Waals surface area contributed by atoms with Gasteiger partial charge in [-0.05, 0) is 54.2 Å². The highest BCUT2D eigenvalue weighted by molar-refractivity contribution is 7.80. The van der Waals surface area contributed by atoms with Gasteiger partial charge in [0.15, 0.2) is 5.11 Å². The van der Waals surface area contributed by atoms with Crippen LogP contribution in [-0.2, 0) is 4.74 Å². The van der Waals surface area contributed by atoms with Crippen LogP contribution in [0.1, 0.15) is 15.9 Å². The molecule has 0 aliphatic carbocycles. The van der Waals surface area contributed by atoms with E-state index in [1.807, 2.05) is 24.3 Å². The van der Waals surface area contributed by atoms with E-state index in [1.54, 1.807) is 30.5 Å². The van der Waals surface area contributed by atoms with Crippen LogP contribution in [0.2, 0.25) is 0 Å². The number of carbonyl (C=O) groups excluding carboxylic acids is 1. The number of rotatable bonds is 8. The molecule has 0 amide bonds. The number of hydrogen-bond acceptors (Lipinski definition) is 6. The number of esters is 1. The number of methoxy groups -OCH3 is 1. The fraction of sp³-hybridized carbons (Fsp3) is 0.167. The number of hydrazone groups is 1. The minimum Gasteiger partial charge on any atom is -0.490 e. The van der Waals surface area contributed by atoms with Gasteiger partial charge in [-0.15, -0.1) is 0 Å². The van der Waals surface area contributed by atoms with Gasteiger partial charge in [-0.25, -0.2) is 4.79 Å². The molecule has 0 atom stereocenters. The summed E-state index contributed by atoms with van der Waals surface area (Å²) >= 11 is 4.67. The van der Waals surface area contributed by atoms with Gasteiger partial charge in [-0.1, -0.05) is 12.1 Å². The lowest BCUT2D eigenvalue weighted by Crippen LogP contribution is -2.23. The molecule has 8 heteroatoms. The summed E-state index contributed by atoms with van der Waals surface area (Å²) in [6, 6.07) is 14.1. The van der Waals surface area contributed by atoms with E-state index >= 15 is 0 Å². The molecule has 2 aromatic rings. The van der Waals surface area contributed by atoms with E-state index in [1.165, 1.54) is 7.11 Å². The van der Waals surface area contributed by atoms with Crippen molar-refractivity contribution >= 4 is 29.5 Å². The van der Waals surface area contributed by atoms with Gasteiger partial charge >= 0.3 is 5.97 Å². The number of nitrogens with zero attached hydrogens (tertiary/aromatic N) is 1. The van der Waals surface area contributed by atoms with Crippen molar-refractivity contribution < 1.29 is 19.0 Å². The van der Waals surface area contributed by atoms with Crippen molar-refractivity contribution in [3.8, 4) is 11.5 Å². The molecule has 2 rings (SSSR count). The monoisotopic (exact) mass is 373 g/mol. The van der Waals surface area contributed by atoms with Gasteiger partial charge in [0, 0.05) is 0 Å². The number of nitrogens with two attached hydrogens (primary N) is 1. The number of ether oxygens (including phenoxy) is 3. The van der Waals surface area contributed by atoms with Gasteiger partial charge in [-0.2, -0.15) is 5.10 Å². The Labute approximate surface area is 156 Å². The Hall–Kier alpha value is -3.13. The zero-order valence-electron chi connectivity index (χ0n) is 14.2. The normalized spacial score (nSPS) is 10.3. The smallest absolute Gasteiger partial charge is 0.337 e. The summed E-state index contributed by atoms with van der Waals surface area (Å²) in [5, 5.41) is 3.99. The van der Waals surface area contributed by atoms with Crippen molar-refractivity contribution in [2.24, 2.45) is 10.8 Å². The minimum atomic E-state index is -0.383. The summed E-state index contributed by atoms with van der Waals surface area (Å²) in [5.74, 6) is 0.951. The van der Waals surface area contributed by atoms with Gasteiger partial charge in [0.05, 0.1) is 18.9 Å². The number of nitrogens with one attached hydrogen (secondary N) is 1. The van der Waals surface area contributed by atoms with Gasteiger partial charge in [0.1, 0.15) is 24.7 Å². The average molecular weight is 373 g/mol. The molecular formula is C18H19N3O4S. The lowest BCUT2D eigenvalue weighted by Gasteiger charge is -2.09. The Balaban J connectivity index is 1.78. The van der Waals surface area contributed by atoms with Gasteiger partial charge < -0.3 is 19.9 Å². The molecule has 0 saturated carbocycles. The van der Waals surface area contributed by atoms with Crippen LogP contribution in [-0.4, -0.2) is 37.6 Å². The minimum absolute atomic E-state index is 0.102. The van der Waals surface area contributed by atoms with E-state index < -0.39 is 0 Å². The van der Waals surface area contributed by atoms with Crippen LogP contribution in [0.5, 0.6) is 11.5 Å². The first-order chi connectivity index (χ1) is 12.6. The third-order valence-electron chi connectivity index (χ3n) is 3.14. The molecule has 0 aliphatic rings. The Morgan fingerprint density at radius 3 is 2.50 bits per heavy atom. The molecule has 0 aromatic heterocycles. The van der Waals surface area contributed by atoms with Crippen molar-refractivity contribution in [1.29, 1.82) is 0 Å². The molecule has 0 radical (unpaired) electrons. The van der Waals surface area contributed by atoms with Crippen LogP contribution < -0.4 is 20.6 Å². The molecule has 0 bridgehead atoms. The molecule has 136 valence electrons. The molecular weight excluding hydrogens is 354 g/mol. The zero-order valence-corrected chi connectivity index (χ0v) is 15.0. The molecule has 3 N–H and O–H groups in total. The summed E-state index contributed by atoms with van der Waals surface area (Å²) in [7, 11) is 1.34. The highest BCUT2D eigenvalue weighted by atomic mass is 32.1. The third kappa shape index (κ3) is 6.40. The van der Waals surface area contributed by atoms with E-state index in [-0.39, 0.29) is 11.1 Å². The van der Waals surface area contributed by atoms with Crippen molar-refractivity contribution in [3.05, 3.63) is 59.7 Å². The molecule has 0 saturated heterocycles. The van der Waals surface area contributed by atoms with Crippen LogP contribution >= 0.6 is 12.2 Å². The first-order valence-electron chi connectivity index (χ1n) is 7.71. The first-order valence-corrected chi connectivity index (χ1v) is 8.12. The Bertz CT molecular complexity index is 778. The van der Waals surface area contributed by atoms with E-state index in [0.29, 0.717) is 30.3 Å². The summed E-state index contributed by atoms with van der Waals surface area (Å²) in [5.41, 5.74) is 9.09. The van der Waals surface area contributed by atoms with Crippen LogP contribution in [0.15, 0.2) is 53.6 Å². The summed E-state index contributed by atoms with van der Waals surface area (Å²) in [4.78, 5) is 11.4. The van der Waals surface area contributed by atoms with Gasteiger partial charge in [0.25, 0.3) is 0 Å². The molecule has 0 aliphatic heterocycles.